The molecule has 3 rings (SSSR count). The van der Waals surface area contributed by atoms with Crippen LogP contribution < -0.4 is 4.74 Å². The van der Waals surface area contributed by atoms with Crippen LogP contribution >= 0.6 is 0 Å². The topological polar surface area (TPSA) is 76.2 Å². The maximum Gasteiger partial charge on any atom is 0.311 e. The van der Waals surface area contributed by atoms with Gasteiger partial charge in [0.2, 0.25) is 0 Å². The number of nitro groups is 1. The van der Waals surface area contributed by atoms with Crippen LogP contribution in [0.5, 0.6) is 5.75 Å². The van der Waals surface area contributed by atoms with Gasteiger partial charge >= 0.3 is 5.69 Å². The molecular weight excluding hydrogens is 316 g/mol. The number of nitro benzene ring substituents is 1. The largest absolute Gasteiger partial charge is 0.490 e. The van der Waals surface area contributed by atoms with Crippen molar-refractivity contribution in [3.05, 3.63) is 81.9 Å². The Morgan fingerprint density at radius 2 is 1.88 bits per heavy atom. The third kappa shape index (κ3) is 3.33. The van der Waals surface area contributed by atoms with Gasteiger partial charge in [-0.05, 0) is 40.1 Å². The zero-order chi connectivity index (χ0) is 17.8. The van der Waals surface area contributed by atoms with Crippen molar-refractivity contribution in [2.75, 3.05) is 7.11 Å². The molecule has 3 aromatic carbocycles. The van der Waals surface area contributed by atoms with Crippen LogP contribution in [-0.4, -0.2) is 12.0 Å². The van der Waals surface area contributed by atoms with E-state index < -0.39 is 4.92 Å². The van der Waals surface area contributed by atoms with Crippen molar-refractivity contribution in [3.8, 4) is 11.8 Å². The molecule has 0 saturated heterocycles. The maximum atomic E-state index is 11.1. The molecule has 25 heavy (non-hydrogen) atoms. The van der Waals surface area contributed by atoms with Crippen molar-refractivity contribution in [3.63, 3.8) is 0 Å². The first kappa shape index (κ1) is 16.2. The lowest BCUT2D eigenvalue weighted by atomic mass is 10.00. The second-order valence-corrected chi connectivity index (χ2v) is 5.42. The first-order valence-electron chi connectivity index (χ1n) is 7.56. The third-order valence-electron chi connectivity index (χ3n) is 3.89. The Balaban J connectivity index is 2.06. The average Bonchev–Trinajstić information content (AvgIpc) is 2.65. The van der Waals surface area contributed by atoms with Crippen LogP contribution in [0.15, 0.2) is 60.7 Å². The Morgan fingerprint density at radius 1 is 1.12 bits per heavy atom. The lowest BCUT2D eigenvalue weighted by Crippen LogP contribution is -1.94. The highest BCUT2D eigenvalue weighted by Gasteiger charge is 2.15. The minimum atomic E-state index is -0.502. The normalized spacial score (nSPS) is 11.1. The number of benzene rings is 3. The fraction of sp³-hybridized carbons (Fsp3) is 0.0500. The number of ether oxygens (including phenoxy) is 1. The van der Waals surface area contributed by atoms with E-state index in [1.807, 2.05) is 42.5 Å². The molecule has 0 amide bonds. The third-order valence-corrected chi connectivity index (χ3v) is 3.89. The van der Waals surface area contributed by atoms with Crippen LogP contribution in [0.1, 0.15) is 11.1 Å². The number of nitrogens with zero attached hydrogens (tertiary/aromatic N) is 2. The average molecular weight is 330 g/mol. The summed E-state index contributed by atoms with van der Waals surface area (Å²) in [5.74, 6) is 0.186. The van der Waals surface area contributed by atoms with E-state index in [-0.39, 0.29) is 11.4 Å². The van der Waals surface area contributed by atoms with E-state index in [1.165, 1.54) is 19.2 Å². The predicted molar refractivity (Wildman–Crippen MR) is 97.1 cm³/mol. The summed E-state index contributed by atoms with van der Waals surface area (Å²) in [7, 11) is 1.38. The van der Waals surface area contributed by atoms with Gasteiger partial charge in [-0.2, -0.15) is 5.26 Å². The van der Waals surface area contributed by atoms with Gasteiger partial charge in [0.1, 0.15) is 0 Å². The molecular formula is C20H14N2O3. The number of methoxy groups -OCH3 is 1. The number of rotatable bonds is 4. The summed E-state index contributed by atoms with van der Waals surface area (Å²) in [6.07, 6.45) is 1.64. The molecule has 0 N–H and O–H groups in total. The van der Waals surface area contributed by atoms with Crippen molar-refractivity contribution < 1.29 is 9.66 Å². The SMILES string of the molecule is COc1ccc(C=C(C#N)c2ccc3ccccc3c2)cc1[N+](=O)[O-]. The van der Waals surface area contributed by atoms with Crippen LogP contribution in [0.2, 0.25) is 0 Å². The molecule has 0 aliphatic carbocycles. The number of hydrogen-bond acceptors (Lipinski definition) is 4. The fourth-order valence-corrected chi connectivity index (χ4v) is 2.64. The van der Waals surface area contributed by atoms with Crippen LogP contribution in [0, 0.1) is 21.4 Å². The van der Waals surface area contributed by atoms with Crippen molar-refractivity contribution in [1.82, 2.24) is 0 Å². The highest BCUT2D eigenvalue weighted by Crippen LogP contribution is 2.29. The van der Waals surface area contributed by atoms with Gasteiger partial charge in [0.15, 0.2) is 5.75 Å². The summed E-state index contributed by atoms with van der Waals surface area (Å²) in [5, 5.41) is 22.8. The first-order chi connectivity index (χ1) is 12.1. The van der Waals surface area contributed by atoms with Gasteiger partial charge < -0.3 is 4.74 Å². The molecule has 0 aliphatic rings. The summed E-state index contributed by atoms with van der Waals surface area (Å²) >= 11 is 0. The molecule has 3 aromatic rings. The molecule has 0 saturated carbocycles. The molecule has 0 unspecified atom stereocenters. The maximum absolute atomic E-state index is 11.1. The quantitative estimate of drug-likeness (QED) is 0.297. The van der Waals surface area contributed by atoms with Crippen molar-refractivity contribution in [2.24, 2.45) is 0 Å². The lowest BCUT2D eigenvalue weighted by molar-refractivity contribution is -0.385. The van der Waals surface area contributed by atoms with Crippen LogP contribution in [0.3, 0.4) is 0 Å². The van der Waals surface area contributed by atoms with E-state index in [9.17, 15) is 15.4 Å². The van der Waals surface area contributed by atoms with Crippen molar-refractivity contribution >= 4 is 28.1 Å². The van der Waals surface area contributed by atoms with E-state index >= 15 is 0 Å². The first-order valence-corrected chi connectivity index (χ1v) is 7.56. The zero-order valence-electron chi connectivity index (χ0n) is 13.5. The van der Waals surface area contributed by atoms with E-state index in [1.54, 1.807) is 12.1 Å². The molecule has 5 nitrogen and oxygen atoms in total. The van der Waals surface area contributed by atoms with Gasteiger partial charge in [-0.15, -0.1) is 0 Å². The number of allylic oxidation sites excluding steroid dienone is 1. The molecule has 122 valence electrons. The van der Waals surface area contributed by atoms with Gasteiger partial charge in [0, 0.05) is 6.07 Å². The van der Waals surface area contributed by atoms with Crippen molar-refractivity contribution in [2.45, 2.75) is 0 Å². The molecule has 0 spiro atoms. The number of nitriles is 1. The summed E-state index contributed by atoms with van der Waals surface area (Å²) in [6.45, 7) is 0. The zero-order valence-corrected chi connectivity index (χ0v) is 13.5. The minimum absolute atomic E-state index is 0.132. The molecule has 0 aromatic heterocycles. The molecule has 0 heterocycles. The Labute approximate surface area is 144 Å². The van der Waals surface area contributed by atoms with Gasteiger partial charge in [0.05, 0.1) is 23.7 Å². The smallest absolute Gasteiger partial charge is 0.311 e. The van der Waals surface area contributed by atoms with Gasteiger partial charge in [-0.25, -0.2) is 0 Å². The summed E-state index contributed by atoms with van der Waals surface area (Å²) < 4.78 is 5.00. The molecule has 0 bridgehead atoms. The van der Waals surface area contributed by atoms with Crippen LogP contribution in [0.25, 0.3) is 22.4 Å². The minimum Gasteiger partial charge on any atom is -0.490 e. The van der Waals surface area contributed by atoms with Gasteiger partial charge in [-0.1, -0.05) is 42.5 Å². The van der Waals surface area contributed by atoms with Crippen molar-refractivity contribution in [1.29, 1.82) is 5.26 Å². The van der Waals surface area contributed by atoms with E-state index in [0.29, 0.717) is 11.1 Å². The Bertz CT molecular complexity index is 1030. The fourth-order valence-electron chi connectivity index (χ4n) is 2.64. The predicted octanol–water partition coefficient (Wildman–Crippen LogP) is 4.82. The van der Waals surface area contributed by atoms with Crippen LogP contribution in [-0.2, 0) is 0 Å². The molecule has 0 aliphatic heterocycles. The Kier molecular flexibility index (Phi) is 4.44. The molecule has 0 atom stereocenters. The van der Waals surface area contributed by atoms with Crippen LogP contribution in [0.4, 0.5) is 5.69 Å². The van der Waals surface area contributed by atoms with Gasteiger partial charge in [0.25, 0.3) is 0 Å². The number of fused-ring (bicyclic) bond motifs is 1. The van der Waals surface area contributed by atoms with E-state index in [2.05, 4.69) is 6.07 Å². The highest BCUT2D eigenvalue weighted by atomic mass is 16.6. The second-order valence-electron chi connectivity index (χ2n) is 5.42. The number of hydrogen-bond donors (Lipinski definition) is 0. The second kappa shape index (κ2) is 6.85. The lowest BCUT2D eigenvalue weighted by Gasteiger charge is -2.05. The Hall–Kier alpha value is -3.65. The molecule has 0 fully saturated rings. The van der Waals surface area contributed by atoms with E-state index in [4.69, 9.17) is 4.74 Å². The standard InChI is InChI=1S/C20H14N2O3/c1-25-20-9-6-14(11-19(20)22(23)24)10-18(13-21)17-8-7-15-4-2-3-5-16(15)12-17/h2-12H,1H3. The summed E-state index contributed by atoms with van der Waals surface area (Å²) in [6, 6.07) is 20.4. The Morgan fingerprint density at radius 3 is 2.56 bits per heavy atom. The molecule has 5 heteroatoms. The van der Waals surface area contributed by atoms with E-state index in [0.717, 1.165) is 16.3 Å². The summed E-state index contributed by atoms with van der Waals surface area (Å²) in [5.41, 5.74) is 1.63. The van der Waals surface area contributed by atoms with Gasteiger partial charge in [-0.3, -0.25) is 10.1 Å². The highest BCUT2D eigenvalue weighted by molar-refractivity contribution is 5.94. The monoisotopic (exact) mass is 330 g/mol. The summed E-state index contributed by atoms with van der Waals surface area (Å²) in [4.78, 5) is 10.6. The molecule has 0 radical (unpaired) electrons.